The summed E-state index contributed by atoms with van der Waals surface area (Å²) in [6.07, 6.45) is 0.740. The number of nitrogens with zero attached hydrogens (tertiary/aromatic N) is 1. The van der Waals surface area contributed by atoms with Crippen LogP contribution in [0, 0.1) is 0 Å². The van der Waals surface area contributed by atoms with Crippen LogP contribution in [-0.2, 0) is 0 Å². The highest BCUT2D eigenvalue weighted by atomic mass is 35.5. The van der Waals surface area contributed by atoms with Gasteiger partial charge in [-0.2, -0.15) is 5.10 Å². The summed E-state index contributed by atoms with van der Waals surface area (Å²) in [6.45, 7) is 0.630. The number of hydrogen-bond donors (Lipinski definition) is 1. The maximum Gasteiger partial charge on any atom is 0.128 e. The Balaban J connectivity index is 2.54. The molecular formula is C9H9ClN2O. The van der Waals surface area contributed by atoms with E-state index in [1.807, 2.05) is 12.1 Å². The fourth-order valence-electron chi connectivity index (χ4n) is 1.38. The molecular weight excluding hydrogens is 188 g/mol. The van der Waals surface area contributed by atoms with E-state index < -0.39 is 0 Å². The normalized spacial score (nSPS) is 18.1. The molecule has 3 nitrogen and oxygen atoms in total. The minimum Gasteiger partial charge on any atom is -0.492 e. The summed E-state index contributed by atoms with van der Waals surface area (Å²) in [5.41, 5.74) is 1.75. The van der Waals surface area contributed by atoms with Crippen LogP contribution in [0.5, 0.6) is 5.75 Å². The van der Waals surface area contributed by atoms with Gasteiger partial charge in [-0.1, -0.05) is 11.6 Å². The Morgan fingerprint density at radius 3 is 3.08 bits per heavy atom. The summed E-state index contributed by atoms with van der Waals surface area (Å²) in [5.74, 6) is 6.06. The average Bonchev–Trinajstić information content (AvgIpc) is 2.17. The van der Waals surface area contributed by atoms with Crippen LogP contribution in [0.3, 0.4) is 0 Å². The van der Waals surface area contributed by atoms with Crippen molar-refractivity contribution in [3.63, 3.8) is 0 Å². The van der Waals surface area contributed by atoms with Crippen molar-refractivity contribution in [2.45, 2.75) is 6.42 Å². The highest BCUT2D eigenvalue weighted by molar-refractivity contribution is 6.31. The summed E-state index contributed by atoms with van der Waals surface area (Å²) < 4.78 is 5.42. The topological polar surface area (TPSA) is 47.6 Å². The average molecular weight is 197 g/mol. The minimum absolute atomic E-state index is 0.630. The molecule has 0 atom stereocenters. The first-order chi connectivity index (χ1) is 6.31. The number of hydrogen-bond acceptors (Lipinski definition) is 3. The highest BCUT2D eigenvalue weighted by Gasteiger charge is 2.16. The molecule has 0 aliphatic carbocycles. The van der Waals surface area contributed by atoms with Crippen molar-refractivity contribution in [2.24, 2.45) is 10.9 Å². The Kier molecular flexibility index (Phi) is 2.10. The monoisotopic (exact) mass is 196 g/mol. The Labute approximate surface area is 81.1 Å². The molecule has 0 amide bonds. The third-order valence-corrected chi connectivity index (χ3v) is 2.24. The standard InChI is InChI=1S/C9H9ClN2O/c10-6-1-2-9-7(5-6)8(12-11)3-4-13-9/h1-2,5H,3-4,11H2/b12-8+. The zero-order chi connectivity index (χ0) is 9.26. The van der Waals surface area contributed by atoms with Crippen LogP contribution in [0.1, 0.15) is 12.0 Å². The van der Waals surface area contributed by atoms with E-state index in [1.165, 1.54) is 0 Å². The van der Waals surface area contributed by atoms with E-state index in [2.05, 4.69) is 5.10 Å². The number of benzene rings is 1. The lowest BCUT2D eigenvalue weighted by Gasteiger charge is -2.18. The molecule has 1 aliphatic rings. The third kappa shape index (κ3) is 1.47. The van der Waals surface area contributed by atoms with Gasteiger partial charge in [-0.15, -0.1) is 0 Å². The largest absolute Gasteiger partial charge is 0.492 e. The lowest BCUT2D eigenvalue weighted by atomic mass is 10.0. The molecule has 1 heterocycles. The molecule has 1 aliphatic heterocycles. The summed E-state index contributed by atoms with van der Waals surface area (Å²) in [6, 6.07) is 5.45. The second-order valence-corrected chi connectivity index (χ2v) is 3.25. The van der Waals surface area contributed by atoms with Crippen LogP contribution < -0.4 is 10.6 Å². The summed E-state index contributed by atoms with van der Waals surface area (Å²) in [5, 5.41) is 4.38. The first-order valence-corrected chi connectivity index (χ1v) is 4.38. The van der Waals surface area contributed by atoms with Crippen molar-refractivity contribution < 1.29 is 4.74 Å². The molecule has 1 aromatic carbocycles. The van der Waals surface area contributed by atoms with Crippen LogP contribution in [-0.4, -0.2) is 12.3 Å². The Morgan fingerprint density at radius 1 is 1.46 bits per heavy atom. The number of nitrogens with two attached hydrogens (primary N) is 1. The van der Waals surface area contributed by atoms with Crippen molar-refractivity contribution in [3.8, 4) is 5.75 Å². The van der Waals surface area contributed by atoms with E-state index in [4.69, 9.17) is 22.2 Å². The number of ether oxygens (including phenoxy) is 1. The fourth-order valence-corrected chi connectivity index (χ4v) is 1.55. The Bertz CT molecular complexity index is 363. The van der Waals surface area contributed by atoms with Crippen molar-refractivity contribution in [1.29, 1.82) is 0 Å². The van der Waals surface area contributed by atoms with Gasteiger partial charge in [0.2, 0.25) is 0 Å². The molecule has 0 saturated heterocycles. The number of hydrazone groups is 1. The molecule has 2 rings (SSSR count). The van der Waals surface area contributed by atoms with E-state index >= 15 is 0 Å². The van der Waals surface area contributed by atoms with Gasteiger partial charge in [-0.05, 0) is 18.2 Å². The maximum absolute atomic E-state index is 5.85. The molecule has 1 aromatic rings. The number of rotatable bonds is 0. The highest BCUT2D eigenvalue weighted by Crippen LogP contribution is 2.27. The first kappa shape index (κ1) is 8.38. The van der Waals surface area contributed by atoms with Crippen LogP contribution >= 0.6 is 11.6 Å². The Hall–Kier alpha value is -1.22. The van der Waals surface area contributed by atoms with Gasteiger partial charge >= 0.3 is 0 Å². The third-order valence-electron chi connectivity index (χ3n) is 2.00. The number of fused-ring (bicyclic) bond motifs is 1. The molecule has 0 saturated carbocycles. The molecule has 0 unspecified atom stereocenters. The zero-order valence-electron chi connectivity index (χ0n) is 6.96. The minimum atomic E-state index is 0.630. The van der Waals surface area contributed by atoms with Crippen LogP contribution in [0.15, 0.2) is 23.3 Å². The van der Waals surface area contributed by atoms with Gasteiger partial charge in [-0.3, -0.25) is 0 Å². The van der Waals surface area contributed by atoms with Crippen molar-refractivity contribution in [3.05, 3.63) is 28.8 Å². The zero-order valence-corrected chi connectivity index (χ0v) is 7.71. The molecule has 0 fully saturated rings. The lowest BCUT2D eigenvalue weighted by Crippen LogP contribution is -2.17. The SMILES string of the molecule is N/N=C1\CCOc2ccc(Cl)cc21. The van der Waals surface area contributed by atoms with Gasteiger partial charge in [0.15, 0.2) is 0 Å². The van der Waals surface area contributed by atoms with Crippen molar-refractivity contribution in [2.75, 3.05) is 6.61 Å². The van der Waals surface area contributed by atoms with Crippen molar-refractivity contribution in [1.82, 2.24) is 0 Å². The van der Waals surface area contributed by atoms with Gasteiger partial charge in [0.25, 0.3) is 0 Å². The van der Waals surface area contributed by atoms with Crippen LogP contribution in [0.2, 0.25) is 5.02 Å². The second kappa shape index (κ2) is 3.26. The summed E-state index contributed by atoms with van der Waals surface area (Å²) in [4.78, 5) is 0. The van der Waals surface area contributed by atoms with Gasteiger partial charge < -0.3 is 10.6 Å². The molecule has 0 aromatic heterocycles. The molecule has 4 heteroatoms. The maximum atomic E-state index is 5.85. The molecule has 0 spiro atoms. The molecule has 68 valence electrons. The first-order valence-electron chi connectivity index (χ1n) is 4.01. The van der Waals surface area contributed by atoms with E-state index in [1.54, 1.807) is 6.07 Å². The van der Waals surface area contributed by atoms with E-state index in [0.29, 0.717) is 11.6 Å². The van der Waals surface area contributed by atoms with Crippen molar-refractivity contribution >= 4 is 17.3 Å². The predicted octanol–water partition coefficient (Wildman–Crippen LogP) is 1.79. The molecule has 0 bridgehead atoms. The van der Waals surface area contributed by atoms with E-state index in [0.717, 1.165) is 23.4 Å². The summed E-state index contributed by atoms with van der Waals surface area (Å²) >= 11 is 5.85. The second-order valence-electron chi connectivity index (χ2n) is 2.81. The molecule has 0 radical (unpaired) electrons. The predicted molar refractivity (Wildman–Crippen MR) is 52.3 cm³/mol. The smallest absolute Gasteiger partial charge is 0.128 e. The van der Waals surface area contributed by atoms with E-state index in [-0.39, 0.29) is 0 Å². The van der Waals surface area contributed by atoms with Crippen LogP contribution in [0.4, 0.5) is 0 Å². The van der Waals surface area contributed by atoms with Gasteiger partial charge in [0.1, 0.15) is 5.75 Å². The molecule has 13 heavy (non-hydrogen) atoms. The van der Waals surface area contributed by atoms with Gasteiger partial charge in [0.05, 0.1) is 12.3 Å². The lowest BCUT2D eigenvalue weighted by molar-refractivity contribution is 0.320. The van der Waals surface area contributed by atoms with Gasteiger partial charge in [0, 0.05) is 17.0 Å². The number of halogens is 1. The van der Waals surface area contributed by atoms with Crippen LogP contribution in [0.25, 0.3) is 0 Å². The van der Waals surface area contributed by atoms with Gasteiger partial charge in [-0.25, -0.2) is 0 Å². The summed E-state index contributed by atoms with van der Waals surface area (Å²) in [7, 11) is 0. The Morgan fingerprint density at radius 2 is 2.31 bits per heavy atom. The van der Waals surface area contributed by atoms with E-state index in [9.17, 15) is 0 Å². The molecule has 2 N–H and O–H groups in total. The quantitative estimate of drug-likeness (QED) is 0.508. The fraction of sp³-hybridized carbons (Fsp3) is 0.222.